The Bertz CT molecular complexity index is 667. The van der Waals surface area contributed by atoms with Crippen LogP contribution in [0.15, 0.2) is 53.0 Å². The average Bonchev–Trinajstić information content (AvgIpc) is 2.40. The maximum atomic E-state index is 13.6. The predicted molar refractivity (Wildman–Crippen MR) is 82.9 cm³/mol. The predicted octanol–water partition coefficient (Wildman–Crippen LogP) is 4.55. The van der Waals surface area contributed by atoms with Gasteiger partial charge in [-0.3, -0.25) is 4.79 Å². The number of rotatable bonds is 3. The molecule has 0 radical (unpaired) electrons. The number of amides is 1. The SMILES string of the molecule is Cc1cccc(C=CC(=O)Nc2ccc(Br)cc2F)c1. The Kier molecular flexibility index (Phi) is 4.69. The van der Waals surface area contributed by atoms with E-state index in [1.807, 2.05) is 31.2 Å². The highest BCUT2D eigenvalue weighted by Gasteiger charge is 2.04. The van der Waals surface area contributed by atoms with Gasteiger partial charge in [0.15, 0.2) is 0 Å². The third-order valence-corrected chi connectivity index (χ3v) is 3.15. The van der Waals surface area contributed by atoms with Crippen LogP contribution in [0.4, 0.5) is 10.1 Å². The maximum absolute atomic E-state index is 13.6. The van der Waals surface area contributed by atoms with Gasteiger partial charge in [-0.05, 0) is 36.8 Å². The number of carbonyl (C=O) groups is 1. The molecule has 2 aromatic carbocycles. The van der Waals surface area contributed by atoms with Crippen LogP contribution in [0.3, 0.4) is 0 Å². The molecule has 0 unspecified atom stereocenters. The van der Waals surface area contributed by atoms with Crippen molar-refractivity contribution in [1.82, 2.24) is 0 Å². The van der Waals surface area contributed by atoms with E-state index in [2.05, 4.69) is 21.2 Å². The van der Waals surface area contributed by atoms with E-state index in [4.69, 9.17) is 0 Å². The summed E-state index contributed by atoms with van der Waals surface area (Å²) >= 11 is 3.16. The second-order valence-electron chi connectivity index (χ2n) is 4.36. The lowest BCUT2D eigenvalue weighted by Gasteiger charge is -2.04. The highest BCUT2D eigenvalue weighted by atomic mass is 79.9. The first-order chi connectivity index (χ1) is 9.54. The summed E-state index contributed by atoms with van der Waals surface area (Å²) in [5.41, 5.74) is 2.20. The Balaban J connectivity index is 2.05. The molecule has 0 saturated heterocycles. The Labute approximate surface area is 125 Å². The second kappa shape index (κ2) is 6.48. The standard InChI is InChI=1S/C16H13BrFNO/c1-11-3-2-4-12(9-11)5-8-16(20)19-15-7-6-13(17)10-14(15)18/h2-10H,1H3,(H,19,20). The number of halogens is 2. The van der Waals surface area contributed by atoms with Crippen LogP contribution < -0.4 is 5.32 Å². The van der Waals surface area contributed by atoms with Crippen LogP contribution in [-0.4, -0.2) is 5.91 Å². The molecular weight excluding hydrogens is 321 g/mol. The third kappa shape index (κ3) is 4.03. The van der Waals surface area contributed by atoms with Crippen LogP contribution in [0.25, 0.3) is 6.08 Å². The largest absolute Gasteiger partial charge is 0.320 e. The van der Waals surface area contributed by atoms with Crippen LogP contribution in [0, 0.1) is 12.7 Å². The molecule has 0 aromatic heterocycles. The Morgan fingerprint density at radius 3 is 2.75 bits per heavy atom. The topological polar surface area (TPSA) is 29.1 Å². The van der Waals surface area contributed by atoms with Gasteiger partial charge in [0.2, 0.25) is 5.91 Å². The van der Waals surface area contributed by atoms with Crippen LogP contribution >= 0.6 is 15.9 Å². The molecule has 0 heterocycles. The lowest BCUT2D eigenvalue weighted by molar-refractivity contribution is -0.111. The van der Waals surface area contributed by atoms with Gasteiger partial charge in [0.25, 0.3) is 0 Å². The number of hydrogen-bond acceptors (Lipinski definition) is 1. The number of nitrogens with one attached hydrogen (secondary N) is 1. The van der Waals surface area contributed by atoms with Crippen molar-refractivity contribution < 1.29 is 9.18 Å². The summed E-state index contributed by atoms with van der Waals surface area (Å²) in [6, 6.07) is 12.2. The van der Waals surface area contributed by atoms with Gasteiger partial charge in [-0.15, -0.1) is 0 Å². The molecule has 1 N–H and O–H groups in total. The van der Waals surface area contributed by atoms with Gasteiger partial charge in [0, 0.05) is 10.5 Å². The molecule has 0 bridgehead atoms. The van der Waals surface area contributed by atoms with Crippen molar-refractivity contribution in [2.75, 3.05) is 5.32 Å². The molecule has 0 saturated carbocycles. The minimum Gasteiger partial charge on any atom is -0.320 e. The van der Waals surface area contributed by atoms with E-state index >= 15 is 0 Å². The van der Waals surface area contributed by atoms with E-state index in [0.29, 0.717) is 4.47 Å². The molecule has 2 nitrogen and oxygen atoms in total. The third-order valence-electron chi connectivity index (χ3n) is 2.66. The van der Waals surface area contributed by atoms with Crippen LogP contribution in [0.5, 0.6) is 0 Å². The smallest absolute Gasteiger partial charge is 0.248 e. The van der Waals surface area contributed by atoms with Crippen LogP contribution in [0.2, 0.25) is 0 Å². The van der Waals surface area contributed by atoms with Gasteiger partial charge in [-0.2, -0.15) is 0 Å². The lowest BCUT2D eigenvalue weighted by Crippen LogP contribution is -2.09. The van der Waals surface area contributed by atoms with E-state index in [1.54, 1.807) is 12.1 Å². The Hall–Kier alpha value is -1.94. The molecule has 1 amide bonds. The van der Waals surface area contributed by atoms with E-state index in [1.165, 1.54) is 18.2 Å². The molecule has 0 aliphatic heterocycles. The lowest BCUT2D eigenvalue weighted by atomic mass is 10.1. The minimum atomic E-state index is -0.475. The van der Waals surface area contributed by atoms with E-state index in [0.717, 1.165) is 11.1 Å². The van der Waals surface area contributed by atoms with Gasteiger partial charge in [-0.1, -0.05) is 45.8 Å². The fourth-order valence-electron chi connectivity index (χ4n) is 1.71. The van der Waals surface area contributed by atoms with Gasteiger partial charge in [0.05, 0.1) is 5.69 Å². The van der Waals surface area contributed by atoms with Crippen molar-refractivity contribution >= 4 is 33.6 Å². The Morgan fingerprint density at radius 1 is 1.25 bits per heavy atom. The number of hydrogen-bond donors (Lipinski definition) is 1. The van der Waals surface area contributed by atoms with Crippen LogP contribution in [0.1, 0.15) is 11.1 Å². The van der Waals surface area contributed by atoms with Crippen molar-refractivity contribution in [3.05, 3.63) is 70.0 Å². The fraction of sp³-hybridized carbons (Fsp3) is 0.0625. The monoisotopic (exact) mass is 333 g/mol. The number of carbonyl (C=O) groups excluding carboxylic acids is 1. The molecule has 0 aliphatic carbocycles. The van der Waals surface area contributed by atoms with Crippen molar-refractivity contribution in [3.8, 4) is 0 Å². The number of aryl methyl sites for hydroxylation is 1. The zero-order valence-electron chi connectivity index (χ0n) is 10.9. The first kappa shape index (κ1) is 14.5. The van der Waals surface area contributed by atoms with Crippen molar-refractivity contribution in [2.24, 2.45) is 0 Å². The molecule has 4 heteroatoms. The molecule has 2 rings (SSSR count). The quantitative estimate of drug-likeness (QED) is 0.820. The van der Waals surface area contributed by atoms with Crippen LogP contribution in [-0.2, 0) is 4.79 Å². The molecule has 0 atom stereocenters. The minimum absolute atomic E-state index is 0.159. The number of anilines is 1. The molecular formula is C16H13BrFNO. The van der Waals surface area contributed by atoms with Crippen molar-refractivity contribution in [1.29, 1.82) is 0 Å². The van der Waals surface area contributed by atoms with E-state index in [-0.39, 0.29) is 11.6 Å². The zero-order valence-corrected chi connectivity index (χ0v) is 12.4. The molecule has 0 spiro atoms. The summed E-state index contributed by atoms with van der Waals surface area (Å²) in [4.78, 5) is 11.7. The van der Waals surface area contributed by atoms with Gasteiger partial charge in [0.1, 0.15) is 5.82 Å². The van der Waals surface area contributed by atoms with Crippen molar-refractivity contribution in [2.45, 2.75) is 6.92 Å². The highest BCUT2D eigenvalue weighted by Crippen LogP contribution is 2.19. The summed E-state index contributed by atoms with van der Waals surface area (Å²) in [6.07, 6.45) is 3.08. The van der Waals surface area contributed by atoms with E-state index in [9.17, 15) is 9.18 Å². The molecule has 20 heavy (non-hydrogen) atoms. The summed E-state index contributed by atoms with van der Waals surface area (Å²) in [7, 11) is 0. The van der Waals surface area contributed by atoms with E-state index < -0.39 is 5.82 Å². The molecule has 102 valence electrons. The van der Waals surface area contributed by atoms with Gasteiger partial charge >= 0.3 is 0 Å². The summed E-state index contributed by atoms with van der Waals surface area (Å²) in [5, 5.41) is 2.50. The molecule has 2 aromatic rings. The Morgan fingerprint density at radius 2 is 2.05 bits per heavy atom. The maximum Gasteiger partial charge on any atom is 0.248 e. The van der Waals surface area contributed by atoms with Gasteiger partial charge < -0.3 is 5.32 Å². The van der Waals surface area contributed by atoms with Gasteiger partial charge in [-0.25, -0.2) is 4.39 Å². The van der Waals surface area contributed by atoms with Crippen molar-refractivity contribution in [3.63, 3.8) is 0 Å². The first-order valence-corrected chi connectivity index (χ1v) is 6.85. The molecule has 0 fully saturated rings. The summed E-state index contributed by atoms with van der Waals surface area (Å²) in [6.45, 7) is 1.98. The second-order valence-corrected chi connectivity index (χ2v) is 5.28. The highest BCUT2D eigenvalue weighted by molar-refractivity contribution is 9.10. The summed E-state index contributed by atoms with van der Waals surface area (Å²) < 4.78 is 14.2. The first-order valence-electron chi connectivity index (χ1n) is 6.05. The fourth-order valence-corrected chi connectivity index (χ4v) is 2.04. The zero-order chi connectivity index (χ0) is 14.5. The average molecular weight is 334 g/mol. The summed E-state index contributed by atoms with van der Waals surface area (Å²) in [5.74, 6) is -0.843. The molecule has 0 aliphatic rings. The normalized spacial score (nSPS) is 10.8. The number of benzene rings is 2.